The van der Waals surface area contributed by atoms with E-state index in [1.165, 1.54) is 0 Å². The summed E-state index contributed by atoms with van der Waals surface area (Å²) < 4.78 is 5.37. The van der Waals surface area contributed by atoms with Crippen LogP contribution in [0.4, 0.5) is 5.69 Å². The zero-order valence-corrected chi connectivity index (χ0v) is 15.9. The van der Waals surface area contributed by atoms with E-state index in [1.807, 2.05) is 12.1 Å². The molecule has 4 aromatic rings. The largest absolute Gasteiger partial charge is 0.422 e. The van der Waals surface area contributed by atoms with Crippen LogP contribution < -0.4 is 10.9 Å². The number of amides is 1. The normalized spacial score (nSPS) is 10.8. The second-order valence-corrected chi connectivity index (χ2v) is 6.98. The molecule has 4 nitrogen and oxygen atoms in total. The lowest BCUT2D eigenvalue weighted by molar-refractivity contribution is 0.102. The molecule has 0 aliphatic carbocycles. The van der Waals surface area contributed by atoms with Crippen LogP contribution in [0.1, 0.15) is 10.4 Å². The van der Waals surface area contributed by atoms with E-state index in [-0.39, 0.29) is 5.91 Å². The van der Waals surface area contributed by atoms with Crippen molar-refractivity contribution < 1.29 is 9.21 Å². The van der Waals surface area contributed by atoms with Crippen molar-refractivity contribution in [3.63, 3.8) is 0 Å². The average molecular weight is 410 g/mol. The topological polar surface area (TPSA) is 59.3 Å². The Balaban J connectivity index is 1.65. The molecule has 3 aromatic carbocycles. The van der Waals surface area contributed by atoms with Crippen LogP contribution in [0.5, 0.6) is 0 Å². The quantitative estimate of drug-likeness (QED) is 0.420. The highest BCUT2D eigenvalue weighted by molar-refractivity contribution is 6.33. The smallest absolute Gasteiger partial charge is 0.344 e. The minimum absolute atomic E-state index is 0.286. The lowest BCUT2D eigenvalue weighted by Gasteiger charge is -2.09. The number of anilines is 1. The maximum Gasteiger partial charge on any atom is 0.344 e. The summed E-state index contributed by atoms with van der Waals surface area (Å²) >= 11 is 12.2. The van der Waals surface area contributed by atoms with Crippen molar-refractivity contribution in [2.75, 3.05) is 5.32 Å². The number of nitrogens with one attached hydrogen (secondary N) is 1. The summed E-state index contributed by atoms with van der Waals surface area (Å²) in [4.78, 5) is 24.7. The lowest BCUT2D eigenvalue weighted by atomic mass is 10.1. The summed E-state index contributed by atoms with van der Waals surface area (Å²) in [5.74, 6) is -0.286. The van der Waals surface area contributed by atoms with Gasteiger partial charge in [0.05, 0.1) is 10.6 Å². The zero-order chi connectivity index (χ0) is 19.7. The van der Waals surface area contributed by atoms with E-state index >= 15 is 0 Å². The van der Waals surface area contributed by atoms with Crippen LogP contribution in [0, 0.1) is 0 Å². The van der Waals surface area contributed by atoms with E-state index in [0.29, 0.717) is 38.0 Å². The fourth-order valence-corrected chi connectivity index (χ4v) is 3.27. The minimum Gasteiger partial charge on any atom is -0.422 e. The summed E-state index contributed by atoms with van der Waals surface area (Å²) in [7, 11) is 0. The molecule has 0 bridgehead atoms. The van der Waals surface area contributed by atoms with Crippen molar-refractivity contribution in [3.05, 3.63) is 98.8 Å². The van der Waals surface area contributed by atoms with Gasteiger partial charge in [-0.05, 0) is 48.5 Å². The van der Waals surface area contributed by atoms with E-state index in [1.54, 1.807) is 60.7 Å². The molecule has 0 spiro atoms. The van der Waals surface area contributed by atoms with E-state index in [2.05, 4.69) is 5.32 Å². The van der Waals surface area contributed by atoms with Gasteiger partial charge in [0.15, 0.2) is 0 Å². The predicted molar refractivity (Wildman–Crippen MR) is 112 cm³/mol. The van der Waals surface area contributed by atoms with Crippen molar-refractivity contribution in [1.82, 2.24) is 0 Å². The van der Waals surface area contributed by atoms with E-state index in [4.69, 9.17) is 27.6 Å². The highest BCUT2D eigenvalue weighted by Crippen LogP contribution is 2.30. The van der Waals surface area contributed by atoms with Crippen LogP contribution >= 0.6 is 23.2 Å². The number of hydrogen-bond acceptors (Lipinski definition) is 3. The van der Waals surface area contributed by atoms with Crippen molar-refractivity contribution in [2.45, 2.75) is 0 Å². The van der Waals surface area contributed by atoms with Gasteiger partial charge >= 0.3 is 5.63 Å². The second kappa shape index (κ2) is 7.50. The van der Waals surface area contributed by atoms with Gasteiger partial charge in [0.25, 0.3) is 5.91 Å². The number of benzene rings is 3. The van der Waals surface area contributed by atoms with Gasteiger partial charge in [-0.25, -0.2) is 4.79 Å². The van der Waals surface area contributed by atoms with Crippen LogP contribution in [0.2, 0.25) is 10.0 Å². The molecule has 138 valence electrons. The number of carbonyl (C=O) groups is 1. The lowest BCUT2D eigenvalue weighted by Crippen LogP contribution is -2.11. The van der Waals surface area contributed by atoms with E-state index in [9.17, 15) is 9.59 Å². The van der Waals surface area contributed by atoms with Crippen LogP contribution in [0.15, 0.2) is 82.0 Å². The zero-order valence-electron chi connectivity index (χ0n) is 14.4. The minimum atomic E-state index is -0.474. The molecule has 0 radical (unpaired) electrons. The number of rotatable bonds is 3. The third kappa shape index (κ3) is 3.65. The molecule has 0 unspecified atom stereocenters. The summed E-state index contributed by atoms with van der Waals surface area (Å²) in [5, 5.41) is 4.46. The molecular weight excluding hydrogens is 397 g/mol. The Hall–Kier alpha value is -3.08. The highest BCUT2D eigenvalue weighted by atomic mass is 35.5. The van der Waals surface area contributed by atoms with Crippen molar-refractivity contribution >= 4 is 45.8 Å². The van der Waals surface area contributed by atoms with Crippen LogP contribution in [0.3, 0.4) is 0 Å². The molecule has 1 heterocycles. The molecule has 0 atom stereocenters. The van der Waals surface area contributed by atoms with Crippen LogP contribution in [-0.4, -0.2) is 5.91 Å². The summed E-state index contributed by atoms with van der Waals surface area (Å²) in [6.07, 6.45) is 0. The summed E-state index contributed by atoms with van der Waals surface area (Å²) in [6, 6.07) is 20.5. The van der Waals surface area contributed by atoms with Gasteiger partial charge in [0.2, 0.25) is 0 Å². The molecule has 0 aliphatic heterocycles. The first kappa shape index (κ1) is 18.3. The molecule has 1 amide bonds. The monoisotopic (exact) mass is 409 g/mol. The summed E-state index contributed by atoms with van der Waals surface area (Å²) in [6.45, 7) is 0. The molecule has 4 rings (SSSR count). The Morgan fingerprint density at radius 3 is 2.36 bits per heavy atom. The number of halogens is 2. The third-order valence-electron chi connectivity index (χ3n) is 4.26. The van der Waals surface area contributed by atoms with Gasteiger partial charge in [0.1, 0.15) is 5.58 Å². The first-order valence-corrected chi connectivity index (χ1v) is 9.16. The molecule has 6 heteroatoms. The predicted octanol–water partition coefficient (Wildman–Crippen LogP) is 6.02. The van der Waals surface area contributed by atoms with Gasteiger partial charge in [-0.15, -0.1) is 0 Å². The summed E-state index contributed by atoms with van der Waals surface area (Å²) in [5.41, 5.74) is 1.92. The molecule has 1 aromatic heterocycles. The molecule has 28 heavy (non-hydrogen) atoms. The Morgan fingerprint density at radius 1 is 0.857 bits per heavy atom. The molecule has 0 fully saturated rings. The highest BCUT2D eigenvalue weighted by Gasteiger charge is 2.13. The Labute approximate surface area is 170 Å². The van der Waals surface area contributed by atoms with Gasteiger partial charge in [0, 0.05) is 27.2 Å². The van der Waals surface area contributed by atoms with Gasteiger partial charge in [-0.2, -0.15) is 0 Å². The van der Waals surface area contributed by atoms with Crippen molar-refractivity contribution in [1.29, 1.82) is 0 Å². The van der Waals surface area contributed by atoms with E-state index in [0.717, 1.165) is 5.39 Å². The first-order chi connectivity index (χ1) is 13.5. The SMILES string of the molecule is O=C(Nc1ccc(-c2cc3ccccc3oc2=O)c(Cl)c1)c1ccc(Cl)cc1. The van der Waals surface area contributed by atoms with Gasteiger partial charge in [-0.1, -0.05) is 47.5 Å². The second-order valence-electron chi connectivity index (χ2n) is 6.14. The molecule has 0 aliphatic rings. The maximum absolute atomic E-state index is 12.4. The standard InChI is InChI=1S/C22H13Cl2NO3/c23-15-7-5-13(6-8-15)21(26)25-16-9-10-17(19(24)12-16)18-11-14-3-1-2-4-20(14)28-22(18)27/h1-12H,(H,25,26). The first-order valence-electron chi connectivity index (χ1n) is 8.41. The average Bonchev–Trinajstić information content (AvgIpc) is 2.68. The fourth-order valence-electron chi connectivity index (χ4n) is 2.87. The van der Waals surface area contributed by atoms with Crippen LogP contribution in [0.25, 0.3) is 22.1 Å². The third-order valence-corrected chi connectivity index (χ3v) is 4.83. The fraction of sp³-hybridized carbons (Fsp3) is 0. The number of hydrogen-bond donors (Lipinski definition) is 1. The molecular formula is C22H13Cl2NO3. The molecule has 0 saturated heterocycles. The number of fused-ring (bicyclic) bond motifs is 1. The maximum atomic E-state index is 12.4. The van der Waals surface area contributed by atoms with Crippen molar-refractivity contribution in [2.24, 2.45) is 0 Å². The van der Waals surface area contributed by atoms with Crippen LogP contribution in [-0.2, 0) is 0 Å². The van der Waals surface area contributed by atoms with Gasteiger partial charge < -0.3 is 9.73 Å². The van der Waals surface area contributed by atoms with E-state index < -0.39 is 5.63 Å². The number of carbonyl (C=O) groups excluding carboxylic acids is 1. The Kier molecular flexibility index (Phi) is 4.90. The molecule has 1 N–H and O–H groups in total. The molecule has 0 saturated carbocycles. The van der Waals surface area contributed by atoms with Crippen molar-refractivity contribution in [3.8, 4) is 11.1 Å². The Bertz CT molecular complexity index is 1250. The Morgan fingerprint density at radius 2 is 1.61 bits per heavy atom. The number of para-hydroxylation sites is 1. The van der Waals surface area contributed by atoms with Gasteiger partial charge in [-0.3, -0.25) is 4.79 Å².